The van der Waals surface area contributed by atoms with Crippen molar-refractivity contribution < 1.29 is 14.2 Å². The normalized spacial score (nSPS) is 14.1. The Morgan fingerprint density at radius 1 is 1.00 bits per heavy atom. The highest BCUT2D eigenvalue weighted by Crippen LogP contribution is 2.28. The molecule has 2 aromatic carbocycles. The molecule has 0 spiro atoms. The monoisotopic (exact) mass is 397 g/mol. The van der Waals surface area contributed by atoms with Crippen molar-refractivity contribution >= 4 is 5.96 Å². The van der Waals surface area contributed by atoms with E-state index in [0.29, 0.717) is 30.7 Å². The van der Waals surface area contributed by atoms with Crippen molar-refractivity contribution in [2.75, 3.05) is 20.8 Å². The van der Waals surface area contributed by atoms with E-state index in [1.54, 1.807) is 14.2 Å². The second-order valence-electron chi connectivity index (χ2n) is 7.02. The van der Waals surface area contributed by atoms with Crippen LogP contribution in [-0.2, 0) is 13.1 Å². The topological polar surface area (TPSA) is 64.1 Å². The van der Waals surface area contributed by atoms with Crippen molar-refractivity contribution in [3.63, 3.8) is 0 Å². The fourth-order valence-electron chi connectivity index (χ4n) is 3.10. The Balaban J connectivity index is 1.64. The molecule has 0 atom stereocenters. The Morgan fingerprint density at radius 3 is 2.48 bits per heavy atom. The van der Waals surface area contributed by atoms with Crippen LogP contribution in [0.25, 0.3) is 0 Å². The number of ether oxygens (including phenoxy) is 3. The lowest BCUT2D eigenvalue weighted by atomic mass is 9.96. The number of nitrogens with one attached hydrogen (secondary N) is 2. The fourth-order valence-corrected chi connectivity index (χ4v) is 3.10. The van der Waals surface area contributed by atoms with E-state index in [2.05, 4.69) is 23.6 Å². The van der Waals surface area contributed by atoms with Gasteiger partial charge in [0.2, 0.25) is 0 Å². The third-order valence-electron chi connectivity index (χ3n) is 4.98. The molecular formula is C23H31N3O3. The first-order chi connectivity index (χ1) is 14.2. The van der Waals surface area contributed by atoms with Gasteiger partial charge in [-0.2, -0.15) is 0 Å². The number of aliphatic imine (C=N–C) groups is 1. The molecule has 0 bridgehead atoms. The molecule has 6 nitrogen and oxygen atoms in total. The lowest BCUT2D eigenvalue weighted by molar-refractivity contribution is 0.119. The summed E-state index contributed by atoms with van der Waals surface area (Å²) >= 11 is 0. The van der Waals surface area contributed by atoms with Crippen molar-refractivity contribution in [1.29, 1.82) is 0 Å². The van der Waals surface area contributed by atoms with Gasteiger partial charge in [0.1, 0.15) is 5.75 Å². The number of guanidine groups is 1. The average molecular weight is 398 g/mol. The molecule has 2 N–H and O–H groups in total. The molecule has 0 amide bonds. The van der Waals surface area contributed by atoms with E-state index in [1.165, 1.54) is 6.42 Å². The van der Waals surface area contributed by atoms with Gasteiger partial charge in [-0.25, -0.2) is 4.99 Å². The highest BCUT2D eigenvalue weighted by Gasteiger charge is 2.20. The lowest BCUT2D eigenvalue weighted by Gasteiger charge is -2.27. The summed E-state index contributed by atoms with van der Waals surface area (Å²) in [6.07, 6.45) is 3.93. The van der Waals surface area contributed by atoms with Gasteiger partial charge in [0.15, 0.2) is 17.5 Å². The molecule has 29 heavy (non-hydrogen) atoms. The lowest BCUT2D eigenvalue weighted by Crippen LogP contribution is -2.37. The molecule has 1 aliphatic carbocycles. The van der Waals surface area contributed by atoms with E-state index in [1.807, 2.05) is 36.4 Å². The number of para-hydroxylation sites is 1. The van der Waals surface area contributed by atoms with Crippen LogP contribution in [0, 0.1) is 0 Å². The molecule has 1 fully saturated rings. The maximum absolute atomic E-state index is 6.12. The Kier molecular flexibility index (Phi) is 7.61. The smallest absolute Gasteiger partial charge is 0.191 e. The van der Waals surface area contributed by atoms with Gasteiger partial charge in [0.05, 0.1) is 26.9 Å². The fraction of sp³-hybridized carbons (Fsp3) is 0.435. The van der Waals surface area contributed by atoms with Crippen LogP contribution in [0.5, 0.6) is 17.2 Å². The molecule has 0 aromatic heterocycles. The van der Waals surface area contributed by atoms with Crippen LogP contribution < -0.4 is 24.8 Å². The van der Waals surface area contributed by atoms with Crippen LogP contribution in [0.3, 0.4) is 0 Å². The third-order valence-corrected chi connectivity index (χ3v) is 4.98. The van der Waals surface area contributed by atoms with E-state index < -0.39 is 0 Å². The summed E-state index contributed by atoms with van der Waals surface area (Å²) in [5.41, 5.74) is 2.18. The first-order valence-electron chi connectivity index (χ1n) is 10.2. The first-order valence-corrected chi connectivity index (χ1v) is 10.2. The van der Waals surface area contributed by atoms with Crippen LogP contribution in [0.4, 0.5) is 0 Å². The summed E-state index contributed by atoms with van der Waals surface area (Å²) in [7, 11) is 3.27. The van der Waals surface area contributed by atoms with Crippen molar-refractivity contribution in [3.05, 3.63) is 53.6 Å². The van der Waals surface area contributed by atoms with Crippen LogP contribution >= 0.6 is 0 Å². The van der Waals surface area contributed by atoms with Gasteiger partial charge in [-0.15, -0.1) is 0 Å². The van der Waals surface area contributed by atoms with Gasteiger partial charge in [-0.3, -0.25) is 0 Å². The maximum Gasteiger partial charge on any atom is 0.191 e. The Labute approximate surface area is 173 Å². The Bertz CT molecular complexity index is 819. The van der Waals surface area contributed by atoms with Crippen molar-refractivity contribution in [3.8, 4) is 17.2 Å². The largest absolute Gasteiger partial charge is 0.493 e. The molecule has 1 aliphatic rings. The Morgan fingerprint density at radius 2 is 1.79 bits per heavy atom. The van der Waals surface area contributed by atoms with Crippen LogP contribution in [0.1, 0.15) is 37.3 Å². The van der Waals surface area contributed by atoms with E-state index in [0.717, 1.165) is 42.2 Å². The van der Waals surface area contributed by atoms with Gasteiger partial charge in [-0.05, 0) is 49.9 Å². The standard InChI is InChI=1S/C23H31N3O3/c1-4-24-23(25-15-17-12-13-21(27-2)22(14-17)28-3)26-16-18-8-5-6-11-20(18)29-19-9-7-10-19/h5-6,8,11-14,19H,4,7,9-10,15-16H2,1-3H3,(H2,24,25,26). The molecule has 156 valence electrons. The highest BCUT2D eigenvalue weighted by atomic mass is 16.5. The van der Waals surface area contributed by atoms with Crippen molar-refractivity contribution in [2.24, 2.45) is 4.99 Å². The summed E-state index contributed by atoms with van der Waals surface area (Å²) in [6, 6.07) is 14.1. The van der Waals surface area contributed by atoms with Gasteiger partial charge < -0.3 is 24.8 Å². The van der Waals surface area contributed by atoms with Gasteiger partial charge in [0, 0.05) is 18.7 Å². The molecule has 0 unspecified atom stereocenters. The molecule has 6 heteroatoms. The molecule has 2 aromatic rings. The zero-order valence-corrected chi connectivity index (χ0v) is 17.5. The summed E-state index contributed by atoms with van der Waals surface area (Å²) in [4.78, 5) is 4.70. The van der Waals surface area contributed by atoms with Crippen molar-refractivity contribution in [2.45, 2.75) is 45.4 Å². The van der Waals surface area contributed by atoms with Gasteiger partial charge >= 0.3 is 0 Å². The maximum atomic E-state index is 6.12. The molecule has 0 aliphatic heterocycles. The number of benzene rings is 2. The number of methoxy groups -OCH3 is 2. The van der Waals surface area contributed by atoms with E-state index >= 15 is 0 Å². The van der Waals surface area contributed by atoms with Gasteiger partial charge in [0.25, 0.3) is 0 Å². The number of rotatable bonds is 9. The number of hydrogen-bond acceptors (Lipinski definition) is 4. The minimum atomic E-state index is 0.364. The number of nitrogens with zero attached hydrogens (tertiary/aromatic N) is 1. The third kappa shape index (κ3) is 5.79. The van der Waals surface area contributed by atoms with Crippen LogP contribution in [0.2, 0.25) is 0 Å². The SMILES string of the molecule is CCNC(=NCc1ccc(OC)c(OC)c1)NCc1ccccc1OC1CCC1. The average Bonchev–Trinajstić information content (AvgIpc) is 2.73. The minimum absolute atomic E-state index is 0.364. The molecule has 0 radical (unpaired) electrons. The second-order valence-corrected chi connectivity index (χ2v) is 7.02. The summed E-state index contributed by atoms with van der Waals surface area (Å²) < 4.78 is 16.8. The van der Waals surface area contributed by atoms with Crippen LogP contribution in [-0.4, -0.2) is 32.8 Å². The van der Waals surface area contributed by atoms with Crippen LogP contribution in [0.15, 0.2) is 47.5 Å². The molecule has 0 saturated heterocycles. The van der Waals surface area contributed by atoms with E-state index in [4.69, 9.17) is 19.2 Å². The molecule has 1 saturated carbocycles. The van der Waals surface area contributed by atoms with Crippen molar-refractivity contribution in [1.82, 2.24) is 10.6 Å². The zero-order valence-electron chi connectivity index (χ0n) is 17.5. The predicted octanol–water partition coefficient (Wildman–Crippen LogP) is 3.89. The summed E-state index contributed by atoms with van der Waals surface area (Å²) in [5.74, 6) is 3.15. The quantitative estimate of drug-likeness (QED) is 0.496. The zero-order chi connectivity index (χ0) is 20.5. The molecule has 0 heterocycles. The summed E-state index contributed by atoms with van der Waals surface area (Å²) in [6.45, 7) is 4.04. The Hall–Kier alpha value is -2.89. The molecule has 3 rings (SSSR count). The van der Waals surface area contributed by atoms with Gasteiger partial charge in [-0.1, -0.05) is 24.3 Å². The first kappa shape index (κ1) is 20.8. The van der Waals surface area contributed by atoms with E-state index in [-0.39, 0.29) is 0 Å². The van der Waals surface area contributed by atoms with E-state index in [9.17, 15) is 0 Å². The summed E-state index contributed by atoms with van der Waals surface area (Å²) in [5, 5.41) is 6.71. The second kappa shape index (κ2) is 10.6. The number of hydrogen-bond donors (Lipinski definition) is 2. The predicted molar refractivity (Wildman–Crippen MR) is 116 cm³/mol. The molecular weight excluding hydrogens is 366 g/mol. The minimum Gasteiger partial charge on any atom is -0.493 e. The highest BCUT2D eigenvalue weighted by molar-refractivity contribution is 5.79.